The van der Waals surface area contributed by atoms with Crippen molar-refractivity contribution in [2.75, 3.05) is 0 Å². The normalized spacial score (nSPS) is 12.9. The molecule has 2 rings (SSSR count). The highest BCUT2D eigenvalue weighted by Crippen LogP contribution is 2.22. The summed E-state index contributed by atoms with van der Waals surface area (Å²) in [5, 5.41) is 2.81. The molecule has 0 bridgehead atoms. The number of hydrogen-bond donors (Lipinski definition) is 1. The van der Waals surface area contributed by atoms with E-state index >= 15 is 0 Å². The van der Waals surface area contributed by atoms with E-state index in [1.807, 2.05) is 13.0 Å². The van der Waals surface area contributed by atoms with Crippen molar-refractivity contribution in [1.82, 2.24) is 5.32 Å². The molecule has 6 heteroatoms. The lowest BCUT2D eigenvalue weighted by Gasteiger charge is -2.17. The lowest BCUT2D eigenvalue weighted by atomic mass is 10.1. The van der Waals surface area contributed by atoms with Gasteiger partial charge in [-0.2, -0.15) is 0 Å². The molecule has 0 aromatic heterocycles. The molecule has 2 aromatic rings. The molecule has 0 fully saturated rings. The van der Waals surface area contributed by atoms with Crippen LogP contribution in [0.25, 0.3) is 0 Å². The number of amides is 1. The van der Waals surface area contributed by atoms with Gasteiger partial charge in [-0.1, -0.05) is 35.9 Å². The second-order valence-electron chi connectivity index (χ2n) is 5.84. The monoisotopic (exact) mass is 365 g/mol. The van der Waals surface area contributed by atoms with Crippen LogP contribution in [0.3, 0.4) is 0 Å². The molecule has 1 atom stereocenters. The van der Waals surface area contributed by atoms with Gasteiger partial charge in [0.2, 0.25) is 0 Å². The molecule has 2 aromatic carbocycles. The minimum atomic E-state index is -3.54. The Bertz CT molecular complexity index is 847. The molecule has 128 valence electrons. The second-order valence-corrected chi connectivity index (χ2v) is 8.75. The Labute approximate surface area is 147 Å². The predicted molar refractivity (Wildman–Crippen MR) is 96.1 cm³/mol. The van der Waals surface area contributed by atoms with Gasteiger partial charge in [-0.25, -0.2) is 8.42 Å². The van der Waals surface area contributed by atoms with E-state index in [1.165, 1.54) is 12.1 Å². The van der Waals surface area contributed by atoms with E-state index in [-0.39, 0.29) is 16.5 Å². The van der Waals surface area contributed by atoms with Crippen LogP contribution in [0.4, 0.5) is 0 Å². The molecule has 0 aliphatic rings. The summed E-state index contributed by atoms with van der Waals surface area (Å²) in [7, 11) is -3.54. The Morgan fingerprint density at radius 3 is 2.33 bits per heavy atom. The van der Waals surface area contributed by atoms with Crippen molar-refractivity contribution >= 4 is 27.3 Å². The zero-order chi connectivity index (χ0) is 17.9. The summed E-state index contributed by atoms with van der Waals surface area (Å²) in [4.78, 5) is 12.6. The van der Waals surface area contributed by atoms with Crippen molar-refractivity contribution in [3.8, 4) is 0 Å². The van der Waals surface area contributed by atoms with Crippen LogP contribution in [-0.4, -0.2) is 19.6 Å². The number of nitrogens with one attached hydrogen (secondary N) is 1. The van der Waals surface area contributed by atoms with E-state index in [0.717, 1.165) is 5.56 Å². The number of rotatable bonds is 5. The van der Waals surface area contributed by atoms with Gasteiger partial charge >= 0.3 is 0 Å². The van der Waals surface area contributed by atoms with E-state index in [0.29, 0.717) is 5.02 Å². The smallest absolute Gasteiger partial charge is 0.253 e. The van der Waals surface area contributed by atoms with Gasteiger partial charge in [-0.15, -0.1) is 0 Å². The standard InChI is InChI=1S/C18H20ClNO3S/c1-12(2)24(22,23)17-10-5-4-9-16(17)18(21)20-13(3)14-7-6-8-15(19)11-14/h4-13H,1-3H3,(H,20,21)/t13-/m1/s1. The van der Waals surface area contributed by atoms with Crippen molar-refractivity contribution in [2.45, 2.75) is 37.0 Å². The quantitative estimate of drug-likeness (QED) is 0.870. The SMILES string of the molecule is CC(C)S(=O)(=O)c1ccccc1C(=O)N[C@H](C)c1cccc(Cl)c1. The fourth-order valence-electron chi connectivity index (χ4n) is 2.29. The average molecular weight is 366 g/mol. The Kier molecular flexibility index (Phi) is 5.67. The molecule has 0 radical (unpaired) electrons. The van der Waals surface area contributed by atoms with Crippen LogP contribution in [0, 0.1) is 0 Å². The fourth-order valence-corrected chi connectivity index (χ4v) is 3.73. The summed E-state index contributed by atoms with van der Waals surface area (Å²) in [5.41, 5.74) is 1.00. The van der Waals surface area contributed by atoms with Crippen molar-refractivity contribution in [3.05, 3.63) is 64.7 Å². The van der Waals surface area contributed by atoms with Gasteiger partial charge in [-0.05, 0) is 50.6 Å². The van der Waals surface area contributed by atoms with Crippen LogP contribution in [0.2, 0.25) is 5.02 Å². The first-order valence-electron chi connectivity index (χ1n) is 7.62. The highest BCUT2D eigenvalue weighted by Gasteiger charge is 2.25. The largest absolute Gasteiger partial charge is 0.345 e. The van der Waals surface area contributed by atoms with Crippen LogP contribution in [0.5, 0.6) is 0 Å². The second kappa shape index (κ2) is 7.36. The van der Waals surface area contributed by atoms with Gasteiger partial charge in [-0.3, -0.25) is 4.79 Å². The zero-order valence-corrected chi connectivity index (χ0v) is 15.4. The molecular formula is C18H20ClNO3S. The van der Waals surface area contributed by atoms with Crippen LogP contribution in [0.15, 0.2) is 53.4 Å². The van der Waals surface area contributed by atoms with Crippen LogP contribution < -0.4 is 5.32 Å². The van der Waals surface area contributed by atoms with Gasteiger partial charge < -0.3 is 5.32 Å². The van der Waals surface area contributed by atoms with Crippen LogP contribution >= 0.6 is 11.6 Å². The molecule has 0 saturated carbocycles. The Morgan fingerprint density at radius 2 is 1.71 bits per heavy atom. The summed E-state index contributed by atoms with van der Waals surface area (Å²) >= 11 is 5.97. The maximum Gasteiger partial charge on any atom is 0.253 e. The van der Waals surface area contributed by atoms with Crippen molar-refractivity contribution < 1.29 is 13.2 Å². The Hall–Kier alpha value is -1.85. The van der Waals surface area contributed by atoms with E-state index in [9.17, 15) is 13.2 Å². The molecule has 4 nitrogen and oxygen atoms in total. The van der Waals surface area contributed by atoms with Gasteiger partial charge in [0.1, 0.15) is 0 Å². The molecule has 0 spiro atoms. The Morgan fingerprint density at radius 1 is 1.04 bits per heavy atom. The van der Waals surface area contributed by atoms with Crippen molar-refractivity contribution in [1.29, 1.82) is 0 Å². The number of sulfone groups is 1. The summed E-state index contributed by atoms with van der Waals surface area (Å²) in [6, 6.07) is 13.1. The first-order chi connectivity index (χ1) is 11.2. The molecule has 0 aliphatic carbocycles. The molecule has 1 amide bonds. The first kappa shape index (κ1) is 18.5. The van der Waals surface area contributed by atoms with Gasteiger partial charge in [0.15, 0.2) is 9.84 Å². The number of halogens is 1. The zero-order valence-electron chi connectivity index (χ0n) is 13.8. The number of benzene rings is 2. The summed E-state index contributed by atoms with van der Waals surface area (Å²) in [5.74, 6) is -0.428. The van der Waals surface area contributed by atoms with Crippen LogP contribution in [0.1, 0.15) is 42.7 Å². The third-order valence-electron chi connectivity index (χ3n) is 3.76. The summed E-state index contributed by atoms with van der Waals surface area (Å²) in [6.45, 7) is 5.01. The number of carbonyl (C=O) groups is 1. The molecule has 0 heterocycles. The van der Waals surface area contributed by atoms with Crippen molar-refractivity contribution in [3.63, 3.8) is 0 Å². The summed E-state index contributed by atoms with van der Waals surface area (Å²) in [6.07, 6.45) is 0. The predicted octanol–water partition coefficient (Wildman–Crippen LogP) is 4.01. The van der Waals surface area contributed by atoms with E-state index in [1.54, 1.807) is 44.2 Å². The lowest BCUT2D eigenvalue weighted by molar-refractivity contribution is 0.0936. The molecule has 0 unspecified atom stereocenters. The van der Waals surface area contributed by atoms with E-state index < -0.39 is 21.0 Å². The first-order valence-corrected chi connectivity index (χ1v) is 9.55. The highest BCUT2D eigenvalue weighted by molar-refractivity contribution is 7.92. The van der Waals surface area contributed by atoms with Crippen LogP contribution in [-0.2, 0) is 9.84 Å². The highest BCUT2D eigenvalue weighted by atomic mass is 35.5. The third kappa shape index (κ3) is 3.97. The molecule has 0 saturated heterocycles. The maximum absolute atomic E-state index is 12.6. The molecule has 24 heavy (non-hydrogen) atoms. The Balaban J connectivity index is 2.31. The van der Waals surface area contributed by atoms with E-state index in [2.05, 4.69) is 5.32 Å². The topological polar surface area (TPSA) is 63.2 Å². The average Bonchev–Trinajstić information content (AvgIpc) is 2.54. The lowest BCUT2D eigenvalue weighted by Crippen LogP contribution is -2.29. The molecule has 1 N–H and O–H groups in total. The minimum Gasteiger partial charge on any atom is -0.345 e. The fraction of sp³-hybridized carbons (Fsp3) is 0.278. The molecular weight excluding hydrogens is 346 g/mol. The third-order valence-corrected chi connectivity index (χ3v) is 6.20. The van der Waals surface area contributed by atoms with Crippen molar-refractivity contribution in [2.24, 2.45) is 0 Å². The summed E-state index contributed by atoms with van der Waals surface area (Å²) < 4.78 is 24.9. The van der Waals surface area contributed by atoms with Gasteiger partial charge in [0, 0.05) is 5.02 Å². The number of carbonyl (C=O) groups excluding carboxylic acids is 1. The maximum atomic E-state index is 12.6. The van der Waals surface area contributed by atoms with Gasteiger partial charge in [0.25, 0.3) is 5.91 Å². The number of hydrogen-bond acceptors (Lipinski definition) is 3. The minimum absolute atomic E-state index is 0.0517. The molecule has 0 aliphatic heterocycles. The van der Waals surface area contributed by atoms with E-state index in [4.69, 9.17) is 11.6 Å². The van der Waals surface area contributed by atoms with Gasteiger partial charge in [0.05, 0.1) is 21.8 Å².